The van der Waals surface area contributed by atoms with Gasteiger partial charge in [-0.15, -0.1) is 0 Å². The lowest BCUT2D eigenvalue weighted by Gasteiger charge is -2.14. The molecule has 0 atom stereocenters. The lowest BCUT2D eigenvalue weighted by atomic mass is 10.0. The molecule has 0 saturated carbocycles. The van der Waals surface area contributed by atoms with Gasteiger partial charge in [-0.25, -0.2) is 4.79 Å². The maximum atomic E-state index is 11.3. The fraction of sp³-hybridized carbons (Fsp3) is 0.385. The van der Waals surface area contributed by atoms with Gasteiger partial charge in [-0.05, 0) is 29.2 Å². The number of nitrogens with zero attached hydrogens (tertiary/aromatic N) is 1. The van der Waals surface area contributed by atoms with E-state index in [9.17, 15) is 9.59 Å². The van der Waals surface area contributed by atoms with Gasteiger partial charge in [0.1, 0.15) is 13.2 Å². The molecule has 0 aromatic heterocycles. The summed E-state index contributed by atoms with van der Waals surface area (Å²) in [4.78, 5) is 27.6. The number of benzene rings is 1. The molecule has 1 aliphatic heterocycles. The summed E-state index contributed by atoms with van der Waals surface area (Å²) in [7, 11) is 0. The van der Waals surface area contributed by atoms with E-state index < -0.39 is 6.03 Å². The Hall–Kier alpha value is -1.59. The first-order valence-corrected chi connectivity index (χ1v) is 6.37. The van der Waals surface area contributed by atoms with Crippen LogP contribution in [-0.2, 0) is 16.2 Å². The van der Waals surface area contributed by atoms with E-state index in [1.54, 1.807) is 6.07 Å². The van der Waals surface area contributed by atoms with E-state index in [0.29, 0.717) is 10.9 Å². The van der Waals surface area contributed by atoms with Crippen molar-refractivity contribution in [1.82, 2.24) is 10.4 Å². The first-order valence-electron chi connectivity index (χ1n) is 5.99. The number of carbonyl (C=O) groups is 2. The highest BCUT2D eigenvalue weighted by molar-refractivity contribution is 6.30. The summed E-state index contributed by atoms with van der Waals surface area (Å²) in [6.07, 6.45) is 0. The molecule has 1 heterocycles. The van der Waals surface area contributed by atoms with Crippen LogP contribution in [0, 0.1) is 0 Å². The number of hydrogen-bond donors (Lipinski definition) is 1. The van der Waals surface area contributed by atoms with Crippen molar-refractivity contribution >= 4 is 23.5 Å². The maximum absolute atomic E-state index is 11.3. The van der Waals surface area contributed by atoms with Gasteiger partial charge in [-0.3, -0.25) is 14.9 Å². The second-order valence-corrected chi connectivity index (χ2v) is 5.15. The molecule has 0 bridgehead atoms. The zero-order chi connectivity index (χ0) is 14.0. The van der Waals surface area contributed by atoms with Crippen molar-refractivity contribution in [3.8, 4) is 0 Å². The first kappa shape index (κ1) is 13.8. The van der Waals surface area contributed by atoms with Gasteiger partial charge in [0.25, 0.3) is 0 Å². The molecule has 1 aromatic carbocycles. The summed E-state index contributed by atoms with van der Waals surface area (Å²) in [6, 6.07) is 5.13. The molecule has 6 heteroatoms. The fourth-order valence-electron chi connectivity index (χ4n) is 1.77. The molecule has 0 radical (unpaired) electrons. The molecule has 1 saturated heterocycles. The molecule has 102 valence electrons. The molecular weight excluding hydrogens is 268 g/mol. The summed E-state index contributed by atoms with van der Waals surface area (Å²) in [6.45, 7) is 4.27. The van der Waals surface area contributed by atoms with Gasteiger partial charge in [0.15, 0.2) is 0 Å². The van der Waals surface area contributed by atoms with Gasteiger partial charge in [-0.2, -0.15) is 5.06 Å². The van der Waals surface area contributed by atoms with Crippen LogP contribution in [-0.4, -0.2) is 23.5 Å². The van der Waals surface area contributed by atoms with Gasteiger partial charge in [0, 0.05) is 5.02 Å². The number of rotatable bonds is 4. The van der Waals surface area contributed by atoms with Crippen molar-refractivity contribution in [1.29, 1.82) is 0 Å². The van der Waals surface area contributed by atoms with E-state index in [1.165, 1.54) is 0 Å². The number of amides is 3. The maximum Gasteiger partial charge on any atom is 0.348 e. The molecule has 19 heavy (non-hydrogen) atoms. The molecule has 0 spiro atoms. The van der Waals surface area contributed by atoms with E-state index in [0.717, 1.165) is 16.2 Å². The molecule has 0 unspecified atom stereocenters. The Kier molecular flexibility index (Phi) is 4.07. The summed E-state index contributed by atoms with van der Waals surface area (Å²) in [5.41, 5.74) is 1.97. The summed E-state index contributed by atoms with van der Waals surface area (Å²) >= 11 is 6.04. The average molecular weight is 283 g/mol. The van der Waals surface area contributed by atoms with Crippen LogP contribution in [0.3, 0.4) is 0 Å². The summed E-state index contributed by atoms with van der Waals surface area (Å²) in [5.74, 6) is -0.00641. The first-order chi connectivity index (χ1) is 8.95. The Morgan fingerprint density at radius 3 is 2.68 bits per heavy atom. The lowest BCUT2D eigenvalue weighted by Crippen LogP contribution is -2.28. The van der Waals surface area contributed by atoms with Crippen LogP contribution in [0.15, 0.2) is 18.2 Å². The van der Waals surface area contributed by atoms with Gasteiger partial charge in [-0.1, -0.05) is 31.5 Å². The SMILES string of the molecule is CC(C)c1cc(Cl)cc(CON2CC(=O)NC2=O)c1. The Morgan fingerprint density at radius 1 is 1.37 bits per heavy atom. The molecule has 1 fully saturated rings. The van der Waals surface area contributed by atoms with Crippen LogP contribution in [0.25, 0.3) is 0 Å². The number of imide groups is 1. The number of carbonyl (C=O) groups excluding carboxylic acids is 2. The van der Waals surface area contributed by atoms with Crippen LogP contribution in [0.4, 0.5) is 4.79 Å². The Balaban J connectivity index is 2.03. The van der Waals surface area contributed by atoms with E-state index in [4.69, 9.17) is 16.4 Å². The summed E-state index contributed by atoms with van der Waals surface area (Å²) in [5, 5.41) is 3.78. The van der Waals surface area contributed by atoms with E-state index in [2.05, 4.69) is 19.2 Å². The largest absolute Gasteiger partial charge is 0.348 e. The van der Waals surface area contributed by atoms with Crippen LogP contribution in [0.2, 0.25) is 5.02 Å². The minimum absolute atomic E-state index is 0.0730. The average Bonchev–Trinajstić information content (AvgIpc) is 2.64. The Morgan fingerprint density at radius 2 is 2.11 bits per heavy atom. The minimum atomic E-state index is -0.531. The molecule has 2 rings (SSSR count). The van der Waals surface area contributed by atoms with Crippen molar-refractivity contribution in [2.45, 2.75) is 26.4 Å². The van der Waals surface area contributed by atoms with Crippen molar-refractivity contribution in [3.63, 3.8) is 0 Å². The highest BCUT2D eigenvalue weighted by Gasteiger charge is 2.27. The van der Waals surface area contributed by atoms with Gasteiger partial charge >= 0.3 is 6.03 Å². The van der Waals surface area contributed by atoms with Gasteiger partial charge in [0.05, 0.1) is 0 Å². The number of halogens is 1. The minimum Gasteiger partial charge on any atom is -0.274 e. The lowest BCUT2D eigenvalue weighted by molar-refractivity contribution is -0.134. The van der Waals surface area contributed by atoms with E-state index >= 15 is 0 Å². The zero-order valence-electron chi connectivity index (χ0n) is 10.8. The predicted molar refractivity (Wildman–Crippen MR) is 70.6 cm³/mol. The number of urea groups is 1. The topological polar surface area (TPSA) is 58.6 Å². The quantitative estimate of drug-likeness (QED) is 0.863. The Labute approximate surface area is 116 Å². The zero-order valence-corrected chi connectivity index (χ0v) is 11.5. The highest BCUT2D eigenvalue weighted by Crippen LogP contribution is 2.22. The molecule has 1 aromatic rings. The third kappa shape index (κ3) is 3.45. The molecule has 3 amide bonds. The second-order valence-electron chi connectivity index (χ2n) is 4.71. The predicted octanol–water partition coefficient (Wildman–Crippen LogP) is 2.45. The molecule has 5 nitrogen and oxygen atoms in total. The van der Waals surface area contributed by atoms with Gasteiger partial charge in [0.2, 0.25) is 5.91 Å². The summed E-state index contributed by atoms with van der Waals surface area (Å²) < 4.78 is 0. The van der Waals surface area contributed by atoms with Crippen molar-refractivity contribution < 1.29 is 14.4 Å². The van der Waals surface area contributed by atoms with Crippen LogP contribution >= 0.6 is 11.6 Å². The standard InChI is InChI=1S/C13H15ClN2O3/c1-8(2)10-3-9(4-11(14)5-10)7-19-16-6-12(17)15-13(16)18/h3-5,8H,6-7H2,1-2H3,(H,15,17,18). The fourth-order valence-corrected chi connectivity index (χ4v) is 2.04. The van der Waals surface area contributed by atoms with Crippen molar-refractivity contribution in [3.05, 3.63) is 34.3 Å². The van der Waals surface area contributed by atoms with Crippen LogP contribution < -0.4 is 5.32 Å². The molecule has 0 aliphatic carbocycles. The Bertz CT molecular complexity index is 517. The molecule has 1 aliphatic rings. The van der Waals surface area contributed by atoms with Crippen LogP contribution in [0.1, 0.15) is 30.9 Å². The third-order valence-corrected chi connectivity index (χ3v) is 3.01. The number of nitrogens with one attached hydrogen (secondary N) is 1. The molecule has 1 N–H and O–H groups in total. The van der Waals surface area contributed by atoms with Gasteiger partial charge < -0.3 is 0 Å². The molecular formula is C13H15ClN2O3. The second kappa shape index (κ2) is 5.59. The number of hydroxylamine groups is 2. The third-order valence-electron chi connectivity index (χ3n) is 2.79. The smallest absolute Gasteiger partial charge is 0.274 e. The normalized spacial score (nSPS) is 15.3. The van der Waals surface area contributed by atoms with E-state index in [-0.39, 0.29) is 19.1 Å². The van der Waals surface area contributed by atoms with Crippen molar-refractivity contribution in [2.24, 2.45) is 0 Å². The number of hydrogen-bond acceptors (Lipinski definition) is 3. The van der Waals surface area contributed by atoms with Crippen molar-refractivity contribution in [2.75, 3.05) is 6.54 Å². The monoisotopic (exact) mass is 282 g/mol. The van der Waals surface area contributed by atoms with Crippen LogP contribution in [0.5, 0.6) is 0 Å². The van der Waals surface area contributed by atoms with E-state index in [1.807, 2.05) is 12.1 Å². The highest BCUT2D eigenvalue weighted by atomic mass is 35.5.